The largest absolute Gasteiger partial charge is 0.495 e. The number of aliphatic imine (C=N–C) groups is 2. The first kappa shape index (κ1) is 28.5. The molecule has 1 heterocycles. The Kier molecular flexibility index (Phi) is 9.21. The van der Waals surface area contributed by atoms with Gasteiger partial charge < -0.3 is 14.8 Å². The van der Waals surface area contributed by atoms with Gasteiger partial charge in [-0.25, -0.2) is 18.1 Å². The van der Waals surface area contributed by atoms with Crippen molar-refractivity contribution in [2.24, 2.45) is 9.98 Å². The number of allylic oxidation sites excluding steroid dienone is 1. The molecule has 2 aromatic rings. The molecule has 1 aliphatic rings. The minimum Gasteiger partial charge on any atom is -0.495 e. The highest BCUT2D eigenvalue weighted by atomic mass is 35.5. The van der Waals surface area contributed by atoms with Gasteiger partial charge in [0.15, 0.2) is 6.61 Å². The third kappa shape index (κ3) is 7.94. The highest BCUT2D eigenvalue weighted by Gasteiger charge is 2.29. The van der Waals surface area contributed by atoms with E-state index >= 15 is 0 Å². The monoisotopic (exact) mass is 558 g/mol. The van der Waals surface area contributed by atoms with Crippen LogP contribution in [0.3, 0.4) is 0 Å². The van der Waals surface area contributed by atoms with Crippen LogP contribution in [-0.2, 0) is 10.0 Å². The van der Waals surface area contributed by atoms with Gasteiger partial charge in [0.25, 0.3) is 0 Å². The topological polar surface area (TPSA) is 101 Å². The molecule has 0 saturated carbocycles. The summed E-state index contributed by atoms with van der Waals surface area (Å²) >= 11 is 6.22. The molecule has 0 atom stereocenters. The fraction of sp³-hybridized carbons (Fsp3) is 0.333. The van der Waals surface area contributed by atoms with Gasteiger partial charge in [0.1, 0.15) is 23.0 Å². The molecule has 200 valence electrons. The smallest absolute Gasteiger partial charge is 0.422 e. The van der Waals surface area contributed by atoms with Crippen molar-refractivity contribution < 1.29 is 31.1 Å². The Labute approximate surface area is 218 Å². The van der Waals surface area contributed by atoms with Crippen LogP contribution in [0.15, 0.2) is 62.9 Å². The fourth-order valence-electron chi connectivity index (χ4n) is 3.34. The second kappa shape index (κ2) is 12.0. The standard InChI is InChI=1S/C24H26ClF3N4O4S/c1-4-15-9-17(11-23(30-13-15)32-16-5-7-21(35-3)19(25)10-16)31-20-12-18(37(33,34)29-2)6-8-22(20)36-14-24(26,27)28/h5-10,12,29H,4,11,13-14H2,1-3H3,(H,30,32). The summed E-state index contributed by atoms with van der Waals surface area (Å²) in [6.45, 7) is 0.775. The molecule has 0 radical (unpaired) electrons. The van der Waals surface area contributed by atoms with E-state index in [2.05, 4.69) is 20.0 Å². The van der Waals surface area contributed by atoms with Crippen LogP contribution in [0.1, 0.15) is 19.8 Å². The number of hydrogen-bond acceptors (Lipinski definition) is 7. The molecule has 8 nitrogen and oxygen atoms in total. The maximum absolute atomic E-state index is 12.8. The molecule has 13 heteroatoms. The van der Waals surface area contributed by atoms with E-state index in [1.807, 2.05) is 6.92 Å². The summed E-state index contributed by atoms with van der Waals surface area (Å²) in [5, 5.41) is 3.59. The zero-order chi connectivity index (χ0) is 27.2. The lowest BCUT2D eigenvalue weighted by Crippen LogP contribution is -2.20. The Morgan fingerprint density at radius 3 is 2.51 bits per heavy atom. The van der Waals surface area contributed by atoms with Crippen LogP contribution in [0.2, 0.25) is 5.02 Å². The fourth-order valence-corrected chi connectivity index (χ4v) is 4.35. The van der Waals surface area contributed by atoms with Crippen molar-refractivity contribution in [3.8, 4) is 11.5 Å². The van der Waals surface area contributed by atoms with Gasteiger partial charge >= 0.3 is 6.18 Å². The number of nitrogens with one attached hydrogen (secondary N) is 2. The number of anilines is 1. The number of benzene rings is 2. The van der Waals surface area contributed by atoms with Gasteiger partial charge in [-0.3, -0.25) is 4.99 Å². The third-order valence-corrected chi connectivity index (χ3v) is 6.96. The van der Waals surface area contributed by atoms with Crippen molar-refractivity contribution in [1.29, 1.82) is 0 Å². The number of hydrogen-bond donors (Lipinski definition) is 2. The summed E-state index contributed by atoms with van der Waals surface area (Å²) in [5.74, 6) is 0.843. The average molecular weight is 559 g/mol. The summed E-state index contributed by atoms with van der Waals surface area (Å²) in [5.41, 5.74) is 1.98. The van der Waals surface area contributed by atoms with Crippen molar-refractivity contribution >= 4 is 44.5 Å². The number of rotatable bonds is 8. The first-order valence-corrected chi connectivity index (χ1v) is 13.0. The van der Waals surface area contributed by atoms with E-state index in [0.717, 1.165) is 17.7 Å². The number of halogens is 4. The minimum atomic E-state index is -4.58. The Morgan fingerprint density at radius 2 is 1.89 bits per heavy atom. The predicted octanol–water partition coefficient (Wildman–Crippen LogP) is 5.52. The zero-order valence-electron chi connectivity index (χ0n) is 20.3. The molecule has 2 N–H and O–H groups in total. The summed E-state index contributed by atoms with van der Waals surface area (Å²) in [6, 6.07) is 8.62. The lowest BCUT2D eigenvalue weighted by atomic mass is 10.1. The van der Waals surface area contributed by atoms with E-state index in [4.69, 9.17) is 21.1 Å². The highest BCUT2D eigenvalue weighted by Crippen LogP contribution is 2.33. The van der Waals surface area contributed by atoms with E-state index in [1.54, 1.807) is 24.3 Å². The second-order valence-electron chi connectivity index (χ2n) is 7.91. The van der Waals surface area contributed by atoms with E-state index in [1.165, 1.54) is 20.2 Å². The molecule has 0 unspecified atom stereocenters. The van der Waals surface area contributed by atoms with Crippen LogP contribution >= 0.6 is 11.6 Å². The van der Waals surface area contributed by atoms with Gasteiger partial charge in [0.05, 0.1) is 23.6 Å². The Hall–Kier alpha value is -3.09. The normalized spacial score (nSPS) is 15.6. The molecular weight excluding hydrogens is 533 g/mol. The van der Waals surface area contributed by atoms with Gasteiger partial charge in [0.2, 0.25) is 10.0 Å². The van der Waals surface area contributed by atoms with Crippen LogP contribution in [0.25, 0.3) is 0 Å². The van der Waals surface area contributed by atoms with Crippen molar-refractivity contribution in [2.45, 2.75) is 30.8 Å². The number of alkyl halides is 3. The van der Waals surface area contributed by atoms with Crippen molar-refractivity contribution in [2.75, 3.05) is 32.6 Å². The maximum Gasteiger partial charge on any atom is 0.422 e. The molecule has 0 amide bonds. The van der Waals surface area contributed by atoms with E-state index in [-0.39, 0.29) is 22.8 Å². The van der Waals surface area contributed by atoms with E-state index < -0.39 is 22.8 Å². The van der Waals surface area contributed by atoms with Crippen LogP contribution in [-0.4, -0.2) is 53.5 Å². The summed E-state index contributed by atoms with van der Waals surface area (Å²) in [7, 11) is -1.14. The maximum atomic E-state index is 12.8. The molecule has 2 aromatic carbocycles. The molecular formula is C24H26ClF3N4O4S. The van der Waals surface area contributed by atoms with Crippen LogP contribution < -0.4 is 19.5 Å². The zero-order valence-corrected chi connectivity index (χ0v) is 21.9. The first-order chi connectivity index (χ1) is 17.4. The Bertz CT molecular complexity index is 1340. The number of nitrogens with zero attached hydrogens (tertiary/aromatic N) is 2. The van der Waals surface area contributed by atoms with Gasteiger partial charge in [-0.2, -0.15) is 13.2 Å². The molecule has 0 spiro atoms. The Balaban J connectivity index is 2.00. The number of sulfonamides is 1. The quantitative estimate of drug-likeness (QED) is 0.444. The highest BCUT2D eigenvalue weighted by molar-refractivity contribution is 7.89. The second-order valence-corrected chi connectivity index (χ2v) is 10.2. The van der Waals surface area contributed by atoms with Gasteiger partial charge in [-0.15, -0.1) is 0 Å². The Morgan fingerprint density at radius 1 is 1.16 bits per heavy atom. The molecule has 37 heavy (non-hydrogen) atoms. The molecule has 3 rings (SSSR count). The summed E-state index contributed by atoms with van der Waals surface area (Å²) < 4.78 is 75.4. The third-order valence-electron chi connectivity index (χ3n) is 5.25. The SMILES string of the molecule is CCC1=CC(=Nc2cc(S(=O)(=O)NC)ccc2OCC(F)(F)F)CC(Nc2ccc(OC)c(Cl)c2)=NC1. The van der Waals surface area contributed by atoms with Gasteiger partial charge in [-0.1, -0.05) is 18.5 Å². The first-order valence-electron chi connectivity index (χ1n) is 11.1. The van der Waals surface area contributed by atoms with Crippen molar-refractivity contribution in [1.82, 2.24) is 4.72 Å². The predicted molar refractivity (Wildman–Crippen MR) is 138 cm³/mol. The molecule has 0 aromatic heterocycles. The van der Waals surface area contributed by atoms with Crippen molar-refractivity contribution in [3.05, 3.63) is 53.1 Å². The minimum absolute atomic E-state index is 0.0592. The molecule has 1 aliphatic heterocycles. The van der Waals surface area contributed by atoms with Gasteiger partial charge in [-0.05, 0) is 61.5 Å². The number of amidine groups is 1. The van der Waals surface area contributed by atoms with Crippen LogP contribution in [0, 0.1) is 0 Å². The number of methoxy groups -OCH3 is 1. The molecule has 0 saturated heterocycles. The molecule has 0 fully saturated rings. The molecule has 0 aliphatic carbocycles. The van der Waals surface area contributed by atoms with E-state index in [9.17, 15) is 21.6 Å². The summed E-state index contributed by atoms with van der Waals surface area (Å²) in [4.78, 5) is 8.94. The average Bonchev–Trinajstić information content (AvgIpc) is 3.04. The number of ether oxygens (including phenoxy) is 2. The van der Waals surface area contributed by atoms with Crippen molar-refractivity contribution in [3.63, 3.8) is 0 Å². The van der Waals surface area contributed by atoms with Crippen LogP contribution in [0.4, 0.5) is 24.5 Å². The van der Waals surface area contributed by atoms with Crippen LogP contribution in [0.5, 0.6) is 11.5 Å². The lowest BCUT2D eigenvalue weighted by molar-refractivity contribution is -0.153. The molecule has 0 bridgehead atoms. The summed E-state index contributed by atoms with van der Waals surface area (Å²) in [6.07, 6.45) is -1.93. The van der Waals surface area contributed by atoms with Gasteiger partial charge in [0, 0.05) is 17.8 Å². The van der Waals surface area contributed by atoms with E-state index in [0.29, 0.717) is 41.0 Å². The lowest BCUT2D eigenvalue weighted by Gasteiger charge is -2.14.